The molecular formula is C13H20BrN. The largest absolute Gasteiger partial charge is 0.294 e. The Kier molecular flexibility index (Phi) is 4.81. The standard InChI is InChI=1S/C13H20BrN/c1-10(2)15(11(3)4)9-12-7-5-6-8-13(12)14/h5-8,10-11H,9H2,1-4H3. The summed E-state index contributed by atoms with van der Waals surface area (Å²) in [6.07, 6.45) is 0. The first-order chi connectivity index (χ1) is 7.02. The molecule has 0 saturated heterocycles. The van der Waals surface area contributed by atoms with Crippen LogP contribution in [0.2, 0.25) is 0 Å². The number of nitrogens with zero attached hydrogens (tertiary/aromatic N) is 1. The molecule has 0 fully saturated rings. The van der Waals surface area contributed by atoms with Crippen molar-refractivity contribution in [3.05, 3.63) is 34.3 Å². The predicted octanol–water partition coefficient (Wildman–Crippen LogP) is 4.07. The van der Waals surface area contributed by atoms with E-state index in [0.717, 1.165) is 6.54 Å². The van der Waals surface area contributed by atoms with Gasteiger partial charge in [-0.25, -0.2) is 0 Å². The van der Waals surface area contributed by atoms with Crippen molar-refractivity contribution in [3.63, 3.8) is 0 Å². The van der Waals surface area contributed by atoms with Crippen molar-refractivity contribution >= 4 is 15.9 Å². The molecule has 0 aliphatic rings. The lowest BCUT2D eigenvalue weighted by Crippen LogP contribution is -2.36. The summed E-state index contributed by atoms with van der Waals surface area (Å²) in [7, 11) is 0. The van der Waals surface area contributed by atoms with Crippen molar-refractivity contribution in [2.75, 3.05) is 0 Å². The molecule has 0 bridgehead atoms. The van der Waals surface area contributed by atoms with Gasteiger partial charge in [0.15, 0.2) is 0 Å². The lowest BCUT2D eigenvalue weighted by molar-refractivity contribution is 0.165. The number of hydrogen-bond donors (Lipinski definition) is 0. The van der Waals surface area contributed by atoms with Gasteiger partial charge in [-0.1, -0.05) is 34.1 Å². The average Bonchev–Trinajstić information content (AvgIpc) is 2.15. The van der Waals surface area contributed by atoms with E-state index in [4.69, 9.17) is 0 Å². The molecule has 1 rings (SSSR count). The Morgan fingerprint density at radius 1 is 1.07 bits per heavy atom. The van der Waals surface area contributed by atoms with Crippen molar-refractivity contribution in [1.82, 2.24) is 4.90 Å². The SMILES string of the molecule is CC(C)N(Cc1ccccc1Br)C(C)C. The molecule has 1 aromatic carbocycles. The molecule has 1 aromatic rings. The Labute approximate surface area is 102 Å². The van der Waals surface area contributed by atoms with Crippen molar-refractivity contribution in [2.24, 2.45) is 0 Å². The minimum Gasteiger partial charge on any atom is -0.294 e. The fourth-order valence-corrected chi connectivity index (χ4v) is 2.19. The van der Waals surface area contributed by atoms with Crippen LogP contribution in [0, 0.1) is 0 Å². The van der Waals surface area contributed by atoms with Crippen molar-refractivity contribution in [1.29, 1.82) is 0 Å². The van der Waals surface area contributed by atoms with Crippen LogP contribution in [0.15, 0.2) is 28.7 Å². The van der Waals surface area contributed by atoms with E-state index in [1.54, 1.807) is 0 Å². The summed E-state index contributed by atoms with van der Waals surface area (Å²) in [5.74, 6) is 0. The van der Waals surface area contributed by atoms with Gasteiger partial charge in [0.25, 0.3) is 0 Å². The van der Waals surface area contributed by atoms with Gasteiger partial charge in [0, 0.05) is 23.1 Å². The Balaban J connectivity index is 2.79. The Morgan fingerprint density at radius 2 is 1.60 bits per heavy atom. The highest BCUT2D eigenvalue weighted by molar-refractivity contribution is 9.10. The highest BCUT2D eigenvalue weighted by Crippen LogP contribution is 2.20. The van der Waals surface area contributed by atoms with Crippen LogP contribution >= 0.6 is 15.9 Å². The van der Waals surface area contributed by atoms with Gasteiger partial charge in [0.1, 0.15) is 0 Å². The molecule has 0 aromatic heterocycles. The fraction of sp³-hybridized carbons (Fsp3) is 0.538. The van der Waals surface area contributed by atoms with Crippen LogP contribution in [-0.4, -0.2) is 17.0 Å². The average molecular weight is 270 g/mol. The number of hydrogen-bond acceptors (Lipinski definition) is 1. The Hall–Kier alpha value is -0.340. The zero-order valence-electron chi connectivity index (χ0n) is 10.00. The maximum atomic E-state index is 3.60. The third-order valence-electron chi connectivity index (χ3n) is 2.64. The molecule has 0 heterocycles. The van der Waals surface area contributed by atoms with E-state index in [1.807, 2.05) is 0 Å². The second kappa shape index (κ2) is 5.66. The van der Waals surface area contributed by atoms with Gasteiger partial charge in [0.05, 0.1) is 0 Å². The second-order valence-electron chi connectivity index (χ2n) is 4.45. The second-order valence-corrected chi connectivity index (χ2v) is 5.31. The number of rotatable bonds is 4. The molecule has 0 spiro atoms. The van der Waals surface area contributed by atoms with E-state index in [9.17, 15) is 0 Å². The van der Waals surface area contributed by atoms with Gasteiger partial charge in [-0.3, -0.25) is 4.90 Å². The third-order valence-corrected chi connectivity index (χ3v) is 3.41. The van der Waals surface area contributed by atoms with Crippen molar-refractivity contribution < 1.29 is 0 Å². The molecule has 0 saturated carbocycles. The van der Waals surface area contributed by atoms with Crippen LogP contribution in [0.5, 0.6) is 0 Å². The smallest absolute Gasteiger partial charge is 0.0250 e. The maximum absolute atomic E-state index is 3.60. The zero-order valence-corrected chi connectivity index (χ0v) is 11.6. The minimum atomic E-state index is 0.581. The van der Waals surface area contributed by atoms with Gasteiger partial charge in [-0.05, 0) is 39.3 Å². The first kappa shape index (κ1) is 12.7. The molecule has 0 aliphatic heterocycles. The van der Waals surface area contributed by atoms with Crippen LogP contribution in [0.25, 0.3) is 0 Å². The molecule has 0 amide bonds. The van der Waals surface area contributed by atoms with E-state index in [1.165, 1.54) is 10.0 Å². The highest BCUT2D eigenvalue weighted by Gasteiger charge is 2.14. The first-order valence-electron chi connectivity index (χ1n) is 5.51. The highest BCUT2D eigenvalue weighted by atomic mass is 79.9. The molecule has 0 aliphatic carbocycles. The summed E-state index contributed by atoms with van der Waals surface area (Å²) in [5.41, 5.74) is 1.36. The van der Waals surface area contributed by atoms with Gasteiger partial charge >= 0.3 is 0 Å². The quantitative estimate of drug-likeness (QED) is 0.797. The molecule has 0 N–H and O–H groups in total. The van der Waals surface area contributed by atoms with Gasteiger partial charge < -0.3 is 0 Å². The predicted molar refractivity (Wildman–Crippen MR) is 70.0 cm³/mol. The molecule has 2 heteroatoms. The third kappa shape index (κ3) is 3.62. The van der Waals surface area contributed by atoms with E-state index >= 15 is 0 Å². The summed E-state index contributed by atoms with van der Waals surface area (Å²) in [4.78, 5) is 2.49. The Bertz CT molecular complexity index is 299. The molecule has 0 radical (unpaired) electrons. The topological polar surface area (TPSA) is 3.24 Å². The van der Waals surface area contributed by atoms with E-state index in [-0.39, 0.29) is 0 Å². The number of halogens is 1. The molecule has 1 nitrogen and oxygen atoms in total. The summed E-state index contributed by atoms with van der Waals surface area (Å²) in [6.45, 7) is 10.00. The lowest BCUT2D eigenvalue weighted by atomic mass is 10.1. The number of benzene rings is 1. The first-order valence-corrected chi connectivity index (χ1v) is 6.30. The maximum Gasteiger partial charge on any atom is 0.0250 e. The zero-order chi connectivity index (χ0) is 11.4. The fourth-order valence-electron chi connectivity index (χ4n) is 1.78. The molecule has 0 atom stereocenters. The molecule has 84 valence electrons. The van der Waals surface area contributed by atoms with E-state index < -0.39 is 0 Å². The molecule has 0 unspecified atom stereocenters. The summed E-state index contributed by atoms with van der Waals surface area (Å²) < 4.78 is 1.20. The summed E-state index contributed by atoms with van der Waals surface area (Å²) in [5, 5.41) is 0. The van der Waals surface area contributed by atoms with Gasteiger partial charge in [-0.2, -0.15) is 0 Å². The summed E-state index contributed by atoms with van der Waals surface area (Å²) in [6, 6.07) is 9.60. The van der Waals surface area contributed by atoms with Crippen LogP contribution in [0.3, 0.4) is 0 Å². The molecule has 15 heavy (non-hydrogen) atoms. The van der Waals surface area contributed by atoms with Gasteiger partial charge in [0.2, 0.25) is 0 Å². The van der Waals surface area contributed by atoms with Crippen LogP contribution in [-0.2, 0) is 6.54 Å². The van der Waals surface area contributed by atoms with Gasteiger partial charge in [-0.15, -0.1) is 0 Å². The monoisotopic (exact) mass is 269 g/mol. The van der Waals surface area contributed by atoms with Crippen molar-refractivity contribution in [2.45, 2.75) is 46.3 Å². The van der Waals surface area contributed by atoms with Crippen molar-refractivity contribution in [3.8, 4) is 0 Å². The Morgan fingerprint density at radius 3 is 2.07 bits per heavy atom. The summed E-state index contributed by atoms with van der Waals surface area (Å²) >= 11 is 3.60. The van der Waals surface area contributed by atoms with E-state index in [0.29, 0.717) is 12.1 Å². The molecular weight excluding hydrogens is 250 g/mol. The normalized spacial score (nSPS) is 11.7. The van der Waals surface area contributed by atoms with Crippen LogP contribution < -0.4 is 0 Å². The minimum absolute atomic E-state index is 0.581. The van der Waals surface area contributed by atoms with E-state index in [2.05, 4.69) is 72.8 Å². The lowest BCUT2D eigenvalue weighted by Gasteiger charge is -2.30. The van der Waals surface area contributed by atoms with Crippen LogP contribution in [0.1, 0.15) is 33.3 Å². The van der Waals surface area contributed by atoms with Crippen LogP contribution in [0.4, 0.5) is 0 Å².